The highest BCUT2D eigenvalue weighted by atomic mass is 32.1. The second-order valence-corrected chi connectivity index (χ2v) is 6.70. The molecule has 1 aliphatic heterocycles. The fraction of sp³-hybridized carbons (Fsp3) is 0.333. The number of aryl methyl sites for hydroxylation is 1. The van der Waals surface area contributed by atoms with Gasteiger partial charge in [-0.1, -0.05) is 12.1 Å². The molecule has 0 unspecified atom stereocenters. The van der Waals surface area contributed by atoms with Crippen LogP contribution in [-0.4, -0.2) is 29.8 Å². The largest absolute Gasteiger partial charge is 0.339 e. The topological polar surface area (TPSA) is 49.4 Å². The zero-order valence-corrected chi connectivity index (χ0v) is 14.0. The summed E-state index contributed by atoms with van der Waals surface area (Å²) in [5, 5.41) is 4.80. The lowest BCUT2D eigenvalue weighted by molar-refractivity contribution is 0.0725. The predicted molar refractivity (Wildman–Crippen MR) is 93.2 cm³/mol. The van der Waals surface area contributed by atoms with E-state index in [1.807, 2.05) is 35.4 Å². The summed E-state index contributed by atoms with van der Waals surface area (Å²) < 4.78 is 0. The summed E-state index contributed by atoms with van der Waals surface area (Å²) >= 11 is 1.41. The Balaban J connectivity index is 1.81. The average molecular weight is 328 g/mol. The van der Waals surface area contributed by atoms with Crippen molar-refractivity contribution in [1.82, 2.24) is 4.90 Å². The molecule has 1 fully saturated rings. The molecule has 120 valence electrons. The van der Waals surface area contributed by atoms with Gasteiger partial charge in [0.1, 0.15) is 0 Å². The molecule has 0 bridgehead atoms. The second-order valence-electron chi connectivity index (χ2n) is 5.79. The van der Waals surface area contributed by atoms with Gasteiger partial charge in [-0.2, -0.15) is 0 Å². The lowest BCUT2D eigenvalue weighted by Gasteiger charge is -2.27. The second kappa shape index (κ2) is 6.96. The van der Waals surface area contributed by atoms with Crippen LogP contribution in [0.4, 0.5) is 5.69 Å². The van der Waals surface area contributed by atoms with Gasteiger partial charge in [0.15, 0.2) is 0 Å². The number of likely N-dealkylation sites (tertiary alicyclic amines) is 1. The van der Waals surface area contributed by atoms with Gasteiger partial charge in [-0.05, 0) is 55.3 Å². The van der Waals surface area contributed by atoms with Crippen LogP contribution >= 0.6 is 11.3 Å². The number of thiophene rings is 1. The smallest absolute Gasteiger partial charge is 0.266 e. The van der Waals surface area contributed by atoms with Crippen LogP contribution in [-0.2, 0) is 0 Å². The third-order valence-electron chi connectivity index (χ3n) is 4.12. The maximum atomic E-state index is 12.7. The normalized spacial score (nSPS) is 14.6. The SMILES string of the molecule is Cc1ccsc1C(=O)Nc1ccccc1C(=O)N1CCCCC1. The number of hydrogen-bond donors (Lipinski definition) is 1. The number of para-hydroxylation sites is 1. The van der Waals surface area contributed by atoms with Gasteiger partial charge < -0.3 is 10.2 Å². The Bertz CT molecular complexity index is 717. The maximum absolute atomic E-state index is 12.7. The monoisotopic (exact) mass is 328 g/mol. The molecular formula is C18H20N2O2S. The maximum Gasteiger partial charge on any atom is 0.266 e. The van der Waals surface area contributed by atoms with E-state index in [-0.39, 0.29) is 11.8 Å². The number of nitrogens with zero attached hydrogens (tertiary/aromatic N) is 1. The summed E-state index contributed by atoms with van der Waals surface area (Å²) in [7, 11) is 0. The van der Waals surface area contributed by atoms with Crippen LogP contribution in [0.5, 0.6) is 0 Å². The number of hydrogen-bond acceptors (Lipinski definition) is 3. The molecule has 1 saturated heterocycles. The van der Waals surface area contributed by atoms with Crippen LogP contribution < -0.4 is 5.32 Å². The van der Waals surface area contributed by atoms with Crippen molar-refractivity contribution in [1.29, 1.82) is 0 Å². The quantitative estimate of drug-likeness (QED) is 0.928. The molecular weight excluding hydrogens is 308 g/mol. The van der Waals surface area contributed by atoms with Crippen molar-refractivity contribution < 1.29 is 9.59 Å². The summed E-state index contributed by atoms with van der Waals surface area (Å²) in [6, 6.07) is 9.17. The van der Waals surface area contributed by atoms with Crippen molar-refractivity contribution in [2.24, 2.45) is 0 Å². The molecule has 2 amide bonds. The van der Waals surface area contributed by atoms with Crippen molar-refractivity contribution in [2.45, 2.75) is 26.2 Å². The van der Waals surface area contributed by atoms with Crippen molar-refractivity contribution in [2.75, 3.05) is 18.4 Å². The van der Waals surface area contributed by atoms with E-state index in [1.54, 1.807) is 12.1 Å². The zero-order chi connectivity index (χ0) is 16.2. The summed E-state index contributed by atoms with van der Waals surface area (Å²) in [5.74, 6) is -0.153. The molecule has 0 spiro atoms. The van der Waals surface area contributed by atoms with Crippen LogP contribution in [0.15, 0.2) is 35.7 Å². The Hall–Kier alpha value is -2.14. The van der Waals surface area contributed by atoms with Gasteiger partial charge in [-0.3, -0.25) is 9.59 Å². The first-order valence-electron chi connectivity index (χ1n) is 7.90. The molecule has 23 heavy (non-hydrogen) atoms. The van der Waals surface area contributed by atoms with Crippen LogP contribution in [0.3, 0.4) is 0 Å². The molecule has 0 aliphatic carbocycles. The van der Waals surface area contributed by atoms with Gasteiger partial charge in [0.05, 0.1) is 16.1 Å². The summed E-state index contributed by atoms with van der Waals surface area (Å²) in [5.41, 5.74) is 2.10. The molecule has 1 N–H and O–H groups in total. The Kier molecular flexibility index (Phi) is 4.76. The summed E-state index contributed by atoms with van der Waals surface area (Å²) in [6.07, 6.45) is 3.28. The number of piperidine rings is 1. The summed E-state index contributed by atoms with van der Waals surface area (Å²) in [4.78, 5) is 27.7. The Morgan fingerprint density at radius 3 is 2.52 bits per heavy atom. The van der Waals surface area contributed by atoms with E-state index >= 15 is 0 Å². The molecule has 3 rings (SSSR count). The van der Waals surface area contributed by atoms with Gasteiger partial charge in [-0.15, -0.1) is 11.3 Å². The molecule has 1 aromatic heterocycles. The number of rotatable bonds is 3. The predicted octanol–water partition coefficient (Wildman–Crippen LogP) is 3.93. The van der Waals surface area contributed by atoms with E-state index in [2.05, 4.69) is 5.32 Å². The molecule has 0 atom stereocenters. The molecule has 2 heterocycles. The standard InChI is InChI=1S/C18H20N2O2S/c1-13-9-12-23-16(13)17(21)19-15-8-4-3-7-14(15)18(22)20-10-5-2-6-11-20/h3-4,7-9,12H,2,5-6,10-11H2,1H3,(H,19,21). The van der Waals surface area contributed by atoms with E-state index in [1.165, 1.54) is 17.8 Å². The molecule has 2 aromatic rings. The van der Waals surface area contributed by atoms with Crippen molar-refractivity contribution in [3.8, 4) is 0 Å². The minimum atomic E-state index is -0.156. The van der Waals surface area contributed by atoms with Gasteiger partial charge in [0.25, 0.3) is 11.8 Å². The van der Waals surface area contributed by atoms with Crippen molar-refractivity contribution in [3.05, 3.63) is 51.7 Å². The summed E-state index contributed by atoms with van der Waals surface area (Å²) in [6.45, 7) is 3.51. The lowest BCUT2D eigenvalue weighted by Crippen LogP contribution is -2.36. The molecule has 4 nitrogen and oxygen atoms in total. The molecule has 1 aliphatic rings. The first-order chi connectivity index (χ1) is 11.2. The Morgan fingerprint density at radius 2 is 1.83 bits per heavy atom. The van der Waals surface area contributed by atoms with E-state index in [4.69, 9.17) is 0 Å². The molecule has 5 heteroatoms. The van der Waals surface area contributed by atoms with E-state index in [0.717, 1.165) is 31.5 Å². The van der Waals surface area contributed by atoms with Crippen LogP contribution in [0.25, 0.3) is 0 Å². The van der Waals surface area contributed by atoms with Crippen molar-refractivity contribution >= 4 is 28.8 Å². The zero-order valence-electron chi connectivity index (χ0n) is 13.2. The highest BCUT2D eigenvalue weighted by Crippen LogP contribution is 2.22. The third kappa shape index (κ3) is 3.45. The van der Waals surface area contributed by atoms with Gasteiger partial charge in [0, 0.05) is 13.1 Å². The first kappa shape index (κ1) is 15.7. The van der Waals surface area contributed by atoms with Crippen molar-refractivity contribution in [3.63, 3.8) is 0 Å². The van der Waals surface area contributed by atoms with Gasteiger partial charge >= 0.3 is 0 Å². The molecule has 1 aromatic carbocycles. The third-order valence-corrected chi connectivity index (χ3v) is 5.13. The Morgan fingerprint density at radius 1 is 1.09 bits per heavy atom. The molecule has 0 radical (unpaired) electrons. The number of carbonyl (C=O) groups excluding carboxylic acids is 2. The highest BCUT2D eigenvalue weighted by molar-refractivity contribution is 7.12. The first-order valence-corrected chi connectivity index (χ1v) is 8.78. The minimum Gasteiger partial charge on any atom is -0.339 e. The number of benzene rings is 1. The minimum absolute atomic E-state index is 0.00324. The Labute approximate surface area is 140 Å². The van der Waals surface area contributed by atoms with Crippen LogP contribution in [0.1, 0.15) is 44.9 Å². The average Bonchev–Trinajstić information content (AvgIpc) is 3.02. The van der Waals surface area contributed by atoms with Gasteiger partial charge in [-0.25, -0.2) is 0 Å². The van der Waals surface area contributed by atoms with E-state index < -0.39 is 0 Å². The van der Waals surface area contributed by atoms with Crippen LogP contribution in [0.2, 0.25) is 0 Å². The molecule has 0 saturated carbocycles. The fourth-order valence-corrected chi connectivity index (χ4v) is 3.65. The lowest BCUT2D eigenvalue weighted by atomic mass is 10.1. The van der Waals surface area contributed by atoms with E-state index in [9.17, 15) is 9.59 Å². The number of nitrogens with one attached hydrogen (secondary N) is 1. The number of anilines is 1. The van der Waals surface area contributed by atoms with E-state index in [0.29, 0.717) is 16.1 Å². The van der Waals surface area contributed by atoms with Gasteiger partial charge in [0.2, 0.25) is 0 Å². The van der Waals surface area contributed by atoms with Crippen LogP contribution in [0, 0.1) is 6.92 Å². The fourth-order valence-electron chi connectivity index (χ4n) is 2.83. The number of amides is 2. The highest BCUT2D eigenvalue weighted by Gasteiger charge is 2.21. The number of carbonyl (C=O) groups is 2.